The summed E-state index contributed by atoms with van der Waals surface area (Å²) in [6.07, 6.45) is 1.02. The third kappa shape index (κ3) is 3.44. The van der Waals surface area contributed by atoms with E-state index in [4.69, 9.17) is 4.74 Å². The standard InChI is InChI=1S/C17H25NO3/c1-13(2)12-14-4-6-15(7-5-14)17(3,16(19)20)18-8-10-21-11-9-18/h4-7,13H,8-12H2,1-3H3,(H,19,20). The molecule has 1 fully saturated rings. The van der Waals surface area contributed by atoms with E-state index < -0.39 is 11.5 Å². The third-order valence-electron chi connectivity index (χ3n) is 4.22. The van der Waals surface area contributed by atoms with Crippen molar-refractivity contribution in [1.82, 2.24) is 4.90 Å². The van der Waals surface area contributed by atoms with Crippen LogP contribution in [0.25, 0.3) is 0 Å². The molecular weight excluding hydrogens is 266 g/mol. The quantitative estimate of drug-likeness (QED) is 0.905. The van der Waals surface area contributed by atoms with Crippen molar-refractivity contribution in [3.8, 4) is 0 Å². The fourth-order valence-corrected chi connectivity index (χ4v) is 2.89. The number of carboxylic acids is 1. The molecule has 4 heteroatoms. The van der Waals surface area contributed by atoms with E-state index >= 15 is 0 Å². The lowest BCUT2D eigenvalue weighted by atomic mass is 9.88. The van der Waals surface area contributed by atoms with E-state index in [9.17, 15) is 9.90 Å². The summed E-state index contributed by atoms with van der Waals surface area (Å²) in [7, 11) is 0. The number of rotatable bonds is 5. The molecule has 116 valence electrons. The van der Waals surface area contributed by atoms with Gasteiger partial charge in [0.25, 0.3) is 0 Å². The summed E-state index contributed by atoms with van der Waals surface area (Å²) in [6.45, 7) is 8.64. The predicted molar refractivity (Wildman–Crippen MR) is 82.4 cm³/mol. The molecule has 1 saturated heterocycles. The van der Waals surface area contributed by atoms with Crippen LogP contribution in [-0.2, 0) is 21.5 Å². The molecule has 21 heavy (non-hydrogen) atoms. The van der Waals surface area contributed by atoms with E-state index in [0.717, 1.165) is 12.0 Å². The van der Waals surface area contributed by atoms with Gasteiger partial charge >= 0.3 is 5.97 Å². The van der Waals surface area contributed by atoms with Crippen LogP contribution in [0.1, 0.15) is 31.9 Å². The Bertz CT molecular complexity index is 477. The normalized spacial score (nSPS) is 19.4. The first-order chi connectivity index (χ1) is 9.94. The van der Waals surface area contributed by atoms with Crippen molar-refractivity contribution in [3.05, 3.63) is 35.4 Å². The second-order valence-corrected chi connectivity index (χ2v) is 6.27. The Balaban J connectivity index is 2.27. The number of benzene rings is 1. The summed E-state index contributed by atoms with van der Waals surface area (Å²) in [5, 5.41) is 9.77. The van der Waals surface area contributed by atoms with Crippen LogP contribution >= 0.6 is 0 Å². The molecule has 1 aliphatic rings. The molecule has 0 aromatic heterocycles. The number of hydrogen-bond acceptors (Lipinski definition) is 3. The molecule has 1 aromatic rings. The van der Waals surface area contributed by atoms with E-state index in [1.807, 2.05) is 17.0 Å². The number of morpholine rings is 1. The maximum Gasteiger partial charge on any atom is 0.328 e. The van der Waals surface area contributed by atoms with Crippen molar-refractivity contribution in [2.45, 2.75) is 32.7 Å². The van der Waals surface area contributed by atoms with Crippen LogP contribution in [0.2, 0.25) is 0 Å². The van der Waals surface area contributed by atoms with E-state index in [-0.39, 0.29) is 0 Å². The predicted octanol–water partition coefficient (Wildman–Crippen LogP) is 2.52. The monoisotopic (exact) mass is 291 g/mol. The highest BCUT2D eigenvalue weighted by Gasteiger charge is 2.41. The van der Waals surface area contributed by atoms with Gasteiger partial charge in [-0.3, -0.25) is 4.90 Å². The second kappa shape index (κ2) is 6.58. The zero-order valence-corrected chi connectivity index (χ0v) is 13.1. The first-order valence-electron chi connectivity index (χ1n) is 7.60. The Morgan fingerprint density at radius 3 is 2.33 bits per heavy atom. The summed E-state index contributed by atoms with van der Waals surface area (Å²) in [6, 6.07) is 8.02. The summed E-state index contributed by atoms with van der Waals surface area (Å²) in [5.41, 5.74) is 1.10. The van der Waals surface area contributed by atoms with Crippen LogP contribution in [0.5, 0.6) is 0 Å². The lowest BCUT2D eigenvalue weighted by Gasteiger charge is -2.40. The Labute approximate surface area is 126 Å². The van der Waals surface area contributed by atoms with Gasteiger partial charge in [-0.25, -0.2) is 4.79 Å². The minimum Gasteiger partial charge on any atom is -0.480 e. The van der Waals surface area contributed by atoms with E-state index in [0.29, 0.717) is 32.2 Å². The minimum atomic E-state index is -0.986. The van der Waals surface area contributed by atoms with Crippen LogP contribution in [-0.4, -0.2) is 42.3 Å². The summed E-state index contributed by atoms with van der Waals surface area (Å²) >= 11 is 0. The molecule has 1 heterocycles. The third-order valence-corrected chi connectivity index (χ3v) is 4.22. The molecule has 1 aliphatic heterocycles. The second-order valence-electron chi connectivity index (χ2n) is 6.27. The van der Waals surface area contributed by atoms with Crippen molar-refractivity contribution in [3.63, 3.8) is 0 Å². The maximum absolute atomic E-state index is 11.9. The Morgan fingerprint density at radius 2 is 1.86 bits per heavy atom. The Kier molecular flexibility index (Phi) is 5.01. The molecule has 0 bridgehead atoms. The van der Waals surface area contributed by atoms with Crippen molar-refractivity contribution < 1.29 is 14.6 Å². The summed E-state index contributed by atoms with van der Waals surface area (Å²) in [5.74, 6) is -0.207. The maximum atomic E-state index is 11.9. The number of carbonyl (C=O) groups is 1. The molecule has 1 atom stereocenters. The molecule has 1 N–H and O–H groups in total. The van der Waals surface area contributed by atoms with Crippen LogP contribution in [0.4, 0.5) is 0 Å². The van der Waals surface area contributed by atoms with Gasteiger partial charge in [-0.05, 0) is 30.4 Å². The van der Waals surface area contributed by atoms with Gasteiger partial charge in [-0.15, -0.1) is 0 Å². The fourth-order valence-electron chi connectivity index (χ4n) is 2.89. The average molecular weight is 291 g/mol. The van der Waals surface area contributed by atoms with Crippen LogP contribution in [0, 0.1) is 5.92 Å². The lowest BCUT2D eigenvalue weighted by molar-refractivity contribution is -0.154. The van der Waals surface area contributed by atoms with E-state index in [2.05, 4.69) is 26.0 Å². The zero-order chi connectivity index (χ0) is 15.5. The van der Waals surface area contributed by atoms with E-state index in [1.165, 1.54) is 5.56 Å². The highest BCUT2D eigenvalue weighted by atomic mass is 16.5. The van der Waals surface area contributed by atoms with E-state index in [1.54, 1.807) is 6.92 Å². The average Bonchev–Trinajstić information content (AvgIpc) is 2.47. The topological polar surface area (TPSA) is 49.8 Å². The van der Waals surface area contributed by atoms with Crippen molar-refractivity contribution in [2.24, 2.45) is 5.92 Å². The van der Waals surface area contributed by atoms with Crippen molar-refractivity contribution in [2.75, 3.05) is 26.3 Å². The highest BCUT2D eigenvalue weighted by molar-refractivity contribution is 5.80. The van der Waals surface area contributed by atoms with Gasteiger partial charge in [0, 0.05) is 13.1 Å². The zero-order valence-electron chi connectivity index (χ0n) is 13.1. The first kappa shape index (κ1) is 16.0. The number of aliphatic carboxylic acids is 1. The lowest BCUT2D eigenvalue weighted by Crippen LogP contribution is -2.54. The number of carboxylic acid groups (broad SMARTS) is 1. The summed E-state index contributed by atoms with van der Waals surface area (Å²) in [4.78, 5) is 13.9. The molecular formula is C17H25NO3. The van der Waals surface area contributed by atoms with Crippen LogP contribution < -0.4 is 0 Å². The molecule has 0 saturated carbocycles. The summed E-state index contributed by atoms with van der Waals surface area (Å²) < 4.78 is 5.34. The molecule has 1 aromatic carbocycles. The number of nitrogens with zero attached hydrogens (tertiary/aromatic N) is 1. The molecule has 1 unspecified atom stereocenters. The van der Waals surface area contributed by atoms with Gasteiger partial charge in [-0.2, -0.15) is 0 Å². The van der Waals surface area contributed by atoms with Crippen molar-refractivity contribution in [1.29, 1.82) is 0 Å². The SMILES string of the molecule is CC(C)Cc1ccc(C(C)(C(=O)O)N2CCOCC2)cc1. The fraction of sp³-hybridized carbons (Fsp3) is 0.588. The van der Waals surface area contributed by atoms with Crippen molar-refractivity contribution >= 4 is 5.97 Å². The molecule has 0 radical (unpaired) electrons. The largest absolute Gasteiger partial charge is 0.480 e. The molecule has 0 amide bonds. The number of hydrogen-bond donors (Lipinski definition) is 1. The smallest absolute Gasteiger partial charge is 0.328 e. The van der Waals surface area contributed by atoms with Crippen LogP contribution in [0.15, 0.2) is 24.3 Å². The Hall–Kier alpha value is -1.39. The Morgan fingerprint density at radius 1 is 1.29 bits per heavy atom. The van der Waals surface area contributed by atoms with Gasteiger partial charge < -0.3 is 9.84 Å². The minimum absolute atomic E-state index is 0.592. The van der Waals surface area contributed by atoms with Crippen LogP contribution in [0.3, 0.4) is 0 Å². The molecule has 0 spiro atoms. The molecule has 2 rings (SSSR count). The number of ether oxygens (including phenoxy) is 1. The van der Waals surface area contributed by atoms with Gasteiger partial charge in [0.2, 0.25) is 0 Å². The molecule has 0 aliphatic carbocycles. The highest BCUT2D eigenvalue weighted by Crippen LogP contribution is 2.30. The van der Waals surface area contributed by atoms with Gasteiger partial charge in [-0.1, -0.05) is 38.1 Å². The van der Waals surface area contributed by atoms with Gasteiger partial charge in [0.05, 0.1) is 13.2 Å². The van der Waals surface area contributed by atoms with Gasteiger partial charge in [0.15, 0.2) is 0 Å². The van der Waals surface area contributed by atoms with Gasteiger partial charge in [0.1, 0.15) is 5.54 Å². The molecule has 4 nitrogen and oxygen atoms in total. The first-order valence-corrected chi connectivity index (χ1v) is 7.60.